The van der Waals surface area contributed by atoms with Crippen LogP contribution in [-0.4, -0.2) is 48.0 Å². The number of nitrogens with one attached hydrogen (secondary N) is 1. The Morgan fingerprint density at radius 3 is 2.80 bits per heavy atom. The summed E-state index contributed by atoms with van der Waals surface area (Å²) in [5, 5.41) is 23.5. The van der Waals surface area contributed by atoms with Gasteiger partial charge in [-0.2, -0.15) is 0 Å². The standard InChI is InChI=1S/C23H29ClN2O4/c1-15(2)26-9-8-19(25-13-22(27)16-4-3-5-18(24)10-16)11-17-12-20(6-7-21(17)26)30-14-23(28)29/h3-7,10,12,15,19,22,25,27H,8-9,11,13-14H2,1-2H3,(H,28,29)/t19?,22-/m0/s1. The van der Waals surface area contributed by atoms with Crippen molar-refractivity contribution in [3.8, 4) is 5.75 Å². The molecule has 2 aromatic carbocycles. The normalized spacial score (nSPS) is 17.4. The van der Waals surface area contributed by atoms with Crippen molar-refractivity contribution in [2.75, 3.05) is 24.6 Å². The van der Waals surface area contributed by atoms with Crippen molar-refractivity contribution in [1.82, 2.24) is 5.32 Å². The SMILES string of the molecule is CC(C)N1CCC(NC[C@H](O)c2cccc(Cl)c2)Cc2cc(OCC(=O)O)ccc21. The smallest absolute Gasteiger partial charge is 0.341 e. The number of fused-ring (bicyclic) bond motifs is 1. The van der Waals surface area contributed by atoms with Gasteiger partial charge in [-0.05, 0) is 68.1 Å². The van der Waals surface area contributed by atoms with E-state index in [-0.39, 0.29) is 12.6 Å². The number of carbonyl (C=O) groups is 1. The first-order valence-electron chi connectivity index (χ1n) is 10.2. The Morgan fingerprint density at radius 2 is 2.10 bits per heavy atom. The van der Waals surface area contributed by atoms with Gasteiger partial charge in [0.2, 0.25) is 0 Å². The quantitative estimate of drug-likeness (QED) is 0.590. The van der Waals surface area contributed by atoms with Gasteiger partial charge in [0.25, 0.3) is 0 Å². The molecule has 7 heteroatoms. The molecule has 30 heavy (non-hydrogen) atoms. The van der Waals surface area contributed by atoms with Crippen molar-refractivity contribution in [3.05, 3.63) is 58.6 Å². The molecule has 0 aliphatic carbocycles. The minimum atomic E-state index is -0.997. The van der Waals surface area contributed by atoms with Gasteiger partial charge in [-0.15, -0.1) is 0 Å². The molecule has 2 atom stereocenters. The lowest BCUT2D eigenvalue weighted by molar-refractivity contribution is -0.139. The first-order chi connectivity index (χ1) is 14.3. The summed E-state index contributed by atoms with van der Waals surface area (Å²) in [6.07, 6.45) is 1.06. The van der Waals surface area contributed by atoms with E-state index < -0.39 is 12.1 Å². The summed E-state index contributed by atoms with van der Waals surface area (Å²) in [7, 11) is 0. The molecule has 6 nitrogen and oxygen atoms in total. The zero-order valence-corrected chi connectivity index (χ0v) is 18.1. The van der Waals surface area contributed by atoms with Crippen LogP contribution in [0.3, 0.4) is 0 Å². The van der Waals surface area contributed by atoms with Crippen LogP contribution in [0.4, 0.5) is 5.69 Å². The van der Waals surface area contributed by atoms with Gasteiger partial charge in [-0.3, -0.25) is 0 Å². The molecule has 1 aliphatic heterocycles. The second kappa shape index (κ2) is 10.2. The minimum Gasteiger partial charge on any atom is -0.482 e. The third-order valence-electron chi connectivity index (χ3n) is 5.36. The molecule has 3 rings (SSSR count). The van der Waals surface area contributed by atoms with Gasteiger partial charge in [0.15, 0.2) is 6.61 Å². The number of rotatable bonds is 8. The van der Waals surface area contributed by atoms with Crippen LogP contribution in [0.5, 0.6) is 5.75 Å². The highest BCUT2D eigenvalue weighted by molar-refractivity contribution is 6.30. The van der Waals surface area contributed by atoms with Gasteiger partial charge in [0, 0.05) is 35.9 Å². The van der Waals surface area contributed by atoms with Crippen LogP contribution < -0.4 is 15.0 Å². The van der Waals surface area contributed by atoms with Crippen molar-refractivity contribution in [2.24, 2.45) is 0 Å². The summed E-state index contributed by atoms with van der Waals surface area (Å²) in [5.41, 5.74) is 3.04. The molecule has 1 aliphatic rings. The van der Waals surface area contributed by atoms with E-state index in [0.29, 0.717) is 23.4 Å². The first-order valence-corrected chi connectivity index (χ1v) is 10.6. The van der Waals surface area contributed by atoms with Crippen molar-refractivity contribution in [2.45, 2.75) is 44.9 Å². The lowest BCUT2D eigenvalue weighted by Gasteiger charge is -2.29. The Bertz CT molecular complexity index is 874. The monoisotopic (exact) mass is 432 g/mol. The number of halogens is 1. The molecule has 3 N–H and O–H groups in total. The minimum absolute atomic E-state index is 0.177. The molecule has 0 saturated heterocycles. The van der Waals surface area contributed by atoms with Crippen LogP contribution in [0.2, 0.25) is 5.02 Å². The summed E-state index contributed by atoms with van der Waals surface area (Å²) >= 11 is 6.04. The molecule has 0 aromatic heterocycles. The molecule has 0 radical (unpaired) electrons. The summed E-state index contributed by atoms with van der Waals surface area (Å²) in [6, 6.07) is 13.6. The largest absolute Gasteiger partial charge is 0.482 e. The fourth-order valence-corrected chi connectivity index (χ4v) is 4.04. The van der Waals surface area contributed by atoms with Gasteiger partial charge in [0.05, 0.1) is 6.10 Å². The van der Waals surface area contributed by atoms with E-state index in [2.05, 4.69) is 24.1 Å². The van der Waals surface area contributed by atoms with Crippen molar-refractivity contribution >= 4 is 23.3 Å². The zero-order valence-electron chi connectivity index (χ0n) is 17.3. The average molecular weight is 433 g/mol. The molecular weight excluding hydrogens is 404 g/mol. The molecule has 0 amide bonds. The summed E-state index contributed by atoms with van der Waals surface area (Å²) in [5.74, 6) is -0.442. The van der Waals surface area contributed by atoms with Gasteiger partial charge < -0.3 is 25.2 Å². The molecular formula is C23H29ClN2O4. The summed E-state index contributed by atoms with van der Waals surface area (Å²) in [4.78, 5) is 13.2. The van der Waals surface area contributed by atoms with Gasteiger partial charge in [0.1, 0.15) is 5.75 Å². The fraction of sp³-hybridized carbons (Fsp3) is 0.435. The number of hydrogen-bond donors (Lipinski definition) is 3. The Hall–Kier alpha value is -2.28. The van der Waals surface area contributed by atoms with E-state index in [4.69, 9.17) is 21.4 Å². The zero-order chi connectivity index (χ0) is 21.7. The third-order valence-corrected chi connectivity index (χ3v) is 5.60. The highest BCUT2D eigenvalue weighted by Gasteiger charge is 2.24. The maximum Gasteiger partial charge on any atom is 0.341 e. The fourth-order valence-electron chi connectivity index (χ4n) is 3.84. The number of ether oxygens (including phenoxy) is 1. The third kappa shape index (κ3) is 5.88. The van der Waals surface area contributed by atoms with E-state index in [1.54, 1.807) is 12.1 Å². The highest BCUT2D eigenvalue weighted by Crippen LogP contribution is 2.31. The van der Waals surface area contributed by atoms with Crippen LogP contribution in [0.15, 0.2) is 42.5 Å². The Kier molecular flexibility index (Phi) is 7.58. The second-order valence-corrected chi connectivity index (χ2v) is 8.37. The predicted octanol–water partition coefficient (Wildman–Crippen LogP) is 3.66. The highest BCUT2D eigenvalue weighted by atomic mass is 35.5. The number of nitrogens with zero attached hydrogens (tertiary/aromatic N) is 1. The second-order valence-electron chi connectivity index (χ2n) is 7.93. The topological polar surface area (TPSA) is 82.0 Å². The van der Waals surface area contributed by atoms with Crippen LogP contribution >= 0.6 is 11.6 Å². The number of aliphatic carboxylic acids is 1. The van der Waals surface area contributed by atoms with Crippen LogP contribution in [0, 0.1) is 0 Å². The van der Waals surface area contributed by atoms with Crippen molar-refractivity contribution in [1.29, 1.82) is 0 Å². The average Bonchev–Trinajstić information content (AvgIpc) is 2.89. The van der Waals surface area contributed by atoms with E-state index in [1.807, 2.05) is 30.3 Å². The molecule has 162 valence electrons. The number of benzene rings is 2. The molecule has 1 heterocycles. The van der Waals surface area contributed by atoms with Crippen molar-refractivity contribution in [3.63, 3.8) is 0 Å². The number of hydrogen-bond acceptors (Lipinski definition) is 5. The number of anilines is 1. The molecule has 1 unspecified atom stereocenters. The Labute approximate surface area is 182 Å². The number of carboxylic acids is 1. The number of aliphatic hydroxyl groups is 1. The Balaban J connectivity index is 1.72. The van der Waals surface area contributed by atoms with Gasteiger partial charge in [-0.1, -0.05) is 23.7 Å². The van der Waals surface area contributed by atoms with Gasteiger partial charge >= 0.3 is 5.97 Å². The molecule has 0 saturated carbocycles. The van der Waals surface area contributed by atoms with E-state index in [1.165, 1.54) is 0 Å². The lowest BCUT2D eigenvalue weighted by Crippen LogP contribution is -2.37. The van der Waals surface area contributed by atoms with Crippen molar-refractivity contribution < 1.29 is 19.7 Å². The molecule has 0 fully saturated rings. The van der Waals surface area contributed by atoms with Gasteiger partial charge in [-0.25, -0.2) is 4.79 Å². The van der Waals surface area contributed by atoms with Crippen LogP contribution in [-0.2, 0) is 11.2 Å². The molecule has 0 spiro atoms. The van der Waals surface area contributed by atoms with E-state index >= 15 is 0 Å². The van der Waals surface area contributed by atoms with E-state index in [9.17, 15) is 9.90 Å². The lowest BCUT2D eigenvalue weighted by atomic mass is 10.0. The maximum atomic E-state index is 10.8. The summed E-state index contributed by atoms with van der Waals surface area (Å²) < 4.78 is 5.38. The van der Waals surface area contributed by atoms with E-state index in [0.717, 1.165) is 36.2 Å². The van der Waals surface area contributed by atoms with Crippen LogP contribution in [0.25, 0.3) is 0 Å². The molecule has 2 aromatic rings. The number of carboxylic acid groups (broad SMARTS) is 1. The van der Waals surface area contributed by atoms with Crippen LogP contribution in [0.1, 0.15) is 37.5 Å². The first kappa shape index (κ1) is 22.4. The maximum absolute atomic E-state index is 10.8. The number of aliphatic hydroxyl groups excluding tert-OH is 1. The molecule has 0 bridgehead atoms. The summed E-state index contributed by atoms with van der Waals surface area (Å²) in [6.45, 7) is 5.28. The Morgan fingerprint density at radius 1 is 1.30 bits per heavy atom. The predicted molar refractivity (Wildman–Crippen MR) is 119 cm³/mol.